The molecule has 1 aromatic heterocycles. The molecular weight excluding hydrogens is 230 g/mol. The summed E-state index contributed by atoms with van der Waals surface area (Å²) >= 11 is 0. The molecule has 0 unspecified atom stereocenters. The predicted molar refractivity (Wildman–Crippen MR) is 68.6 cm³/mol. The summed E-state index contributed by atoms with van der Waals surface area (Å²) in [5.74, 6) is -0.942. The summed E-state index contributed by atoms with van der Waals surface area (Å²) in [7, 11) is 0. The minimum atomic E-state index is -0.997. The molecule has 2 N–H and O–H groups in total. The zero-order valence-electron chi connectivity index (χ0n) is 10.9. The van der Waals surface area contributed by atoms with Gasteiger partial charge in [-0.05, 0) is 30.7 Å². The molecule has 18 heavy (non-hydrogen) atoms. The molecule has 0 bridgehead atoms. The standard InChI is InChI=1S/C14H21NO3/c1-2-14(6-3-4-7-14)10-15-9-11-5-8-18-12(11)13(16)17/h5,8,15H,2-4,6-7,9-10H2,1H3,(H,16,17). The highest BCUT2D eigenvalue weighted by molar-refractivity contribution is 5.86. The molecule has 0 aromatic carbocycles. The number of carboxylic acid groups (broad SMARTS) is 1. The Bertz CT molecular complexity index is 405. The van der Waals surface area contributed by atoms with E-state index in [1.807, 2.05) is 0 Å². The second-order valence-electron chi connectivity index (χ2n) is 5.24. The molecule has 1 aliphatic carbocycles. The van der Waals surface area contributed by atoms with Crippen molar-refractivity contribution in [2.24, 2.45) is 5.41 Å². The van der Waals surface area contributed by atoms with Gasteiger partial charge in [-0.3, -0.25) is 0 Å². The number of furan rings is 1. The van der Waals surface area contributed by atoms with Crippen LogP contribution in [-0.2, 0) is 6.54 Å². The van der Waals surface area contributed by atoms with Crippen LogP contribution in [0.5, 0.6) is 0 Å². The van der Waals surface area contributed by atoms with Gasteiger partial charge in [-0.25, -0.2) is 4.79 Å². The first kappa shape index (κ1) is 13.1. The summed E-state index contributed by atoms with van der Waals surface area (Å²) < 4.78 is 4.96. The first-order valence-corrected chi connectivity index (χ1v) is 6.67. The van der Waals surface area contributed by atoms with Gasteiger partial charge in [-0.1, -0.05) is 19.8 Å². The fourth-order valence-electron chi connectivity index (χ4n) is 2.91. The summed E-state index contributed by atoms with van der Waals surface area (Å²) in [6.07, 6.45) is 7.84. The quantitative estimate of drug-likeness (QED) is 0.815. The molecule has 4 nitrogen and oxygen atoms in total. The van der Waals surface area contributed by atoms with Gasteiger partial charge in [0.25, 0.3) is 0 Å². The first-order chi connectivity index (χ1) is 8.67. The Hall–Kier alpha value is -1.29. The maximum absolute atomic E-state index is 10.9. The van der Waals surface area contributed by atoms with Gasteiger partial charge < -0.3 is 14.8 Å². The predicted octanol–water partition coefficient (Wildman–Crippen LogP) is 3.04. The van der Waals surface area contributed by atoms with Crippen molar-refractivity contribution in [3.05, 3.63) is 23.7 Å². The molecule has 1 heterocycles. The molecule has 0 spiro atoms. The lowest BCUT2D eigenvalue weighted by atomic mass is 9.83. The third-order valence-corrected chi connectivity index (χ3v) is 4.17. The molecule has 100 valence electrons. The van der Waals surface area contributed by atoms with Gasteiger partial charge >= 0.3 is 5.97 Å². The van der Waals surface area contributed by atoms with E-state index >= 15 is 0 Å². The number of carboxylic acids is 1. The molecular formula is C14H21NO3. The Balaban J connectivity index is 1.88. The fourth-order valence-corrected chi connectivity index (χ4v) is 2.91. The van der Waals surface area contributed by atoms with Gasteiger partial charge in [0.2, 0.25) is 5.76 Å². The van der Waals surface area contributed by atoms with E-state index in [1.54, 1.807) is 6.07 Å². The van der Waals surface area contributed by atoms with Gasteiger partial charge in [0.15, 0.2) is 0 Å². The van der Waals surface area contributed by atoms with Gasteiger partial charge in [0, 0.05) is 18.7 Å². The monoisotopic (exact) mass is 251 g/mol. The van der Waals surface area contributed by atoms with Crippen LogP contribution in [0.1, 0.15) is 55.1 Å². The van der Waals surface area contributed by atoms with Crippen LogP contribution in [0, 0.1) is 5.41 Å². The minimum absolute atomic E-state index is 0.0551. The van der Waals surface area contributed by atoms with Crippen LogP contribution in [0.3, 0.4) is 0 Å². The third-order valence-electron chi connectivity index (χ3n) is 4.17. The maximum atomic E-state index is 10.9. The fraction of sp³-hybridized carbons (Fsp3) is 0.643. The zero-order valence-corrected chi connectivity index (χ0v) is 10.9. The minimum Gasteiger partial charge on any atom is -0.475 e. The lowest BCUT2D eigenvalue weighted by Crippen LogP contribution is -2.31. The molecule has 4 heteroatoms. The highest BCUT2D eigenvalue weighted by atomic mass is 16.4. The number of nitrogens with one attached hydrogen (secondary N) is 1. The van der Waals surface area contributed by atoms with Crippen molar-refractivity contribution in [3.63, 3.8) is 0 Å². The number of aromatic carboxylic acids is 1. The van der Waals surface area contributed by atoms with Crippen molar-refractivity contribution in [1.82, 2.24) is 5.32 Å². The third kappa shape index (κ3) is 2.75. The van der Waals surface area contributed by atoms with E-state index in [9.17, 15) is 4.79 Å². The second kappa shape index (κ2) is 5.57. The molecule has 0 atom stereocenters. The molecule has 1 saturated carbocycles. The van der Waals surface area contributed by atoms with E-state index in [-0.39, 0.29) is 5.76 Å². The molecule has 0 saturated heterocycles. The molecule has 0 aliphatic heterocycles. The normalized spacial score (nSPS) is 18.1. The van der Waals surface area contributed by atoms with Crippen molar-refractivity contribution in [2.45, 2.75) is 45.6 Å². The van der Waals surface area contributed by atoms with Crippen LogP contribution < -0.4 is 5.32 Å². The van der Waals surface area contributed by atoms with Crippen LogP contribution in [0.4, 0.5) is 0 Å². The van der Waals surface area contributed by atoms with Crippen molar-refractivity contribution in [2.75, 3.05) is 6.54 Å². The molecule has 1 fully saturated rings. The van der Waals surface area contributed by atoms with Crippen LogP contribution in [0.2, 0.25) is 0 Å². The van der Waals surface area contributed by atoms with Crippen molar-refractivity contribution in [3.8, 4) is 0 Å². The smallest absolute Gasteiger partial charge is 0.372 e. The Kier molecular flexibility index (Phi) is 4.07. The van der Waals surface area contributed by atoms with E-state index < -0.39 is 5.97 Å². The molecule has 0 radical (unpaired) electrons. The Morgan fingerprint density at radius 2 is 2.22 bits per heavy atom. The highest BCUT2D eigenvalue weighted by Crippen LogP contribution is 2.40. The van der Waals surface area contributed by atoms with Crippen LogP contribution in [0.25, 0.3) is 0 Å². The molecule has 0 amide bonds. The molecule has 1 aliphatic rings. The van der Waals surface area contributed by atoms with E-state index in [2.05, 4.69) is 12.2 Å². The molecule has 2 rings (SSSR count). The van der Waals surface area contributed by atoms with Crippen molar-refractivity contribution in [1.29, 1.82) is 0 Å². The summed E-state index contributed by atoms with van der Waals surface area (Å²) in [6.45, 7) is 3.78. The second-order valence-corrected chi connectivity index (χ2v) is 5.24. The Morgan fingerprint density at radius 3 is 2.83 bits per heavy atom. The zero-order chi connectivity index (χ0) is 13.0. The average Bonchev–Trinajstić information content (AvgIpc) is 2.98. The molecule has 1 aromatic rings. The Morgan fingerprint density at radius 1 is 1.50 bits per heavy atom. The van der Waals surface area contributed by atoms with Gasteiger partial charge in [-0.15, -0.1) is 0 Å². The summed E-state index contributed by atoms with van der Waals surface area (Å²) in [5, 5.41) is 12.3. The van der Waals surface area contributed by atoms with Crippen LogP contribution in [-0.4, -0.2) is 17.6 Å². The Labute approximate surface area is 107 Å². The van der Waals surface area contributed by atoms with Gasteiger partial charge in [-0.2, -0.15) is 0 Å². The summed E-state index contributed by atoms with van der Waals surface area (Å²) in [4.78, 5) is 10.9. The highest BCUT2D eigenvalue weighted by Gasteiger charge is 2.31. The average molecular weight is 251 g/mol. The topological polar surface area (TPSA) is 62.5 Å². The van der Waals surface area contributed by atoms with E-state index in [4.69, 9.17) is 9.52 Å². The summed E-state index contributed by atoms with van der Waals surface area (Å²) in [5.41, 5.74) is 1.15. The number of hydrogen-bond acceptors (Lipinski definition) is 3. The van der Waals surface area contributed by atoms with Crippen molar-refractivity contribution < 1.29 is 14.3 Å². The van der Waals surface area contributed by atoms with Crippen LogP contribution in [0.15, 0.2) is 16.7 Å². The van der Waals surface area contributed by atoms with E-state index in [1.165, 1.54) is 38.4 Å². The van der Waals surface area contributed by atoms with E-state index in [0.717, 1.165) is 12.1 Å². The SMILES string of the molecule is CCC1(CNCc2ccoc2C(=O)O)CCCC1. The first-order valence-electron chi connectivity index (χ1n) is 6.67. The van der Waals surface area contributed by atoms with E-state index in [0.29, 0.717) is 12.0 Å². The lowest BCUT2D eigenvalue weighted by molar-refractivity contribution is 0.0660. The largest absolute Gasteiger partial charge is 0.475 e. The van der Waals surface area contributed by atoms with Gasteiger partial charge in [0.1, 0.15) is 0 Å². The lowest BCUT2D eigenvalue weighted by Gasteiger charge is -2.27. The van der Waals surface area contributed by atoms with Crippen LogP contribution >= 0.6 is 0 Å². The summed E-state index contributed by atoms with van der Waals surface area (Å²) in [6, 6.07) is 1.73. The number of hydrogen-bond donors (Lipinski definition) is 2. The van der Waals surface area contributed by atoms with Crippen molar-refractivity contribution >= 4 is 5.97 Å². The number of carbonyl (C=O) groups is 1. The number of rotatable bonds is 6. The van der Waals surface area contributed by atoms with Gasteiger partial charge in [0.05, 0.1) is 6.26 Å². The maximum Gasteiger partial charge on any atom is 0.372 e.